The molecule has 1 N–H and O–H groups in total. The molecule has 1 heterocycles. The number of carboxylic acids is 1. The lowest BCUT2D eigenvalue weighted by atomic mass is 9.88. The molecule has 1 aliphatic heterocycles. The largest absolute Gasteiger partial charge is 0.481 e. The summed E-state index contributed by atoms with van der Waals surface area (Å²) in [5.74, 6) is -1.27. The van der Waals surface area contributed by atoms with Crippen LogP contribution in [0, 0.1) is 5.92 Å². The molecule has 1 aliphatic rings. The fourth-order valence-corrected chi connectivity index (χ4v) is 4.10. The van der Waals surface area contributed by atoms with Crippen molar-refractivity contribution in [2.24, 2.45) is 5.92 Å². The van der Waals surface area contributed by atoms with Gasteiger partial charge in [-0.25, -0.2) is 0 Å². The molecular formula is C24H28F3NO3. The first-order chi connectivity index (χ1) is 14.8. The van der Waals surface area contributed by atoms with Crippen LogP contribution >= 0.6 is 0 Å². The van der Waals surface area contributed by atoms with Gasteiger partial charge in [-0.15, -0.1) is 0 Å². The van der Waals surface area contributed by atoms with Gasteiger partial charge in [-0.2, -0.15) is 13.2 Å². The zero-order chi connectivity index (χ0) is 22.3. The summed E-state index contributed by atoms with van der Waals surface area (Å²) >= 11 is 0. The van der Waals surface area contributed by atoms with Crippen LogP contribution in [0.4, 0.5) is 13.2 Å². The van der Waals surface area contributed by atoms with Crippen molar-refractivity contribution in [3.63, 3.8) is 0 Å². The van der Waals surface area contributed by atoms with E-state index in [4.69, 9.17) is 4.74 Å². The van der Waals surface area contributed by atoms with Crippen LogP contribution in [0.5, 0.6) is 0 Å². The molecule has 2 aromatic carbocycles. The number of ether oxygens (including phenoxy) is 1. The predicted octanol–water partition coefficient (Wildman–Crippen LogP) is 5.04. The molecule has 1 fully saturated rings. The van der Waals surface area contributed by atoms with Crippen molar-refractivity contribution in [1.29, 1.82) is 0 Å². The van der Waals surface area contributed by atoms with E-state index in [2.05, 4.69) is 4.90 Å². The Kier molecular flexibility index (Phi) is 8.09. The number of aliphatic carboxylic acids is 1. The first-order valence-electron chi connectivity index (χ1n) is 10.6. The summed E-state index contributed by atoms with van der Waals surface area (Å²) in [6.07, 6.45) is -2.25. The van der Waals surface area contributed by atoms with Gasteiger partial charge in [0.25, 0.3) is 0 Å². The maximum absolute atomic E-state index is 13.2. The molecule has 1 saturated heterocycles. The Balaban J connectivity index is 1.57. The standard InChI is InChI=1S/C24H28F3NO3/c25-24(26,27)21-10-4-8-19(16-21)22(18-6-2-1-3-7-18)11-14-31-15-13-28-12-5-9-20(17-28)23(29)30/h1-4,6-8,10,16,20,22H,5,9,11-15,17H2,(H,29,30). The molecule has 0 radical (unpaired) electrons. The Bertz CT molecular complexity index is 841. The maximum atomic E-state index is 13.2. The van der Waals surface area contributed by atoms with E-state index in [1.807, 2.05) is 30.3 Å². The molecule has 31 heavy (non-hydrogen) atoms. The molecular weight excluding hydrogens is 407 g/mol. The molecule has 2 unspecified atom stereocenters. The molecule has 4 nitrogen and oxygen atoms in total. The van der Waals surface area contributed by atoms with E-state index in [9.17, 15) is 23.1 Å². The van der Waals surface area contributed by atoms with Crippen molar-refractivity contribution in [3.8, 4) is 0 Å². The van der Waals surface area contributed by atoms with Gasteiger partial charge >= 0.3 is 12.1 Å². The number of carboxylic acid groups (broad SMARTS) is 1. The molecule has 2 atom stereocenters. The lowest BCUT2D eigenvalue weighted by Gasteiger charge is -2.30. The second-order valence-electron chi connectivity index (χ2n) is 7.97. The van der Waals surface area contributed by atoms with E-state index < -0.39 is 17.7 Å². The molecule has 168 valence electrons. The van der Waals surface area contributed by atoms with Crippen molar-refractivity contribution in [1.82, 2.24) is 4.90 Å². The molecule has 3 rings (SSSR count). The highest BCUT2D eigenvalue weighted by Gasteiger charge is 2.31. The van der Waals surface area contributed by atoms with Crippen molar-refractivity contribution in [3.05, 3.63) is 71.3 Å². The average Bonchev–Trinajstić information content (AvgIpc) is 2.76. The van der Waals surface area contributed by atoms with Crippen molar-refractivity contribution in [2.45, 2.75) is 31.4 Å². The van der Waals surface area contributed by atoms with Crippen LogP contribution in [0.25, 0.3) is 0 Å². The second-order valence-corrected chi connectivity index (χ2v) is 7.97. The van der Waals surface area contributed by atoms with Crippen LogP contribution < -0.4 is 0 Å². The molecule has 0 aliphatic carbocycles. The number of hydrogen-bond donors (Lipinski definition) is 1. The van der Waals surface area contributed by atoms with E-state index in [1.54, 1.807) is 6.07 Å². The number of nitrogens with zero attached hydrogens (tertiary/aromatic N) is 1. The van der Waals surface area contributed by atoms with Gasteiger partial charge in [0.15, 0.2) is 0 Å². The highest BCUT2D eigenvalue weighted by molar-refractivity contribution is 5.70. The van der Waals surface area contributed by atoms with Crippen LogP contribution in [0.2, 0.25) is 0 Å². The van der Waals surface area contributed by atoms with Crippen LogP contribution in [-0.2, 0) is 15.7 Å². The van der Waals surface area contributed by atoms with Gasteiger partial charge in [0.05, 0.1) is 18.1 Å². The number of rotatable bonds is 9. The number of carbonyl (C=O) groups is 1. The fourth-order valence-electron chi connectivity index (χ4n) is 4.10. The van der Waals surface area contributed by atoms with Gasteiger partial charge in [0, 0.05) is 25.6 Å². The van der Waals surface area contributed by atoms with Crippen LogP contribution in [0.15, 0.2) is 54.6 Å². The smallest absolute Gasteiger partial charge is 0.416 e. The van der Waals surface area contributed by atoms with Crippen LogP contribution in [0.3, 0.4) is 0 Å². The van der Waals surface area contributed by atoms with Gasteiger partial charge in [-0.3, -0.25) is 4.79 Å². The molecule has 7 heteroatoms. The highest BCUT2D eigenvalue weighted by Crippen LogP contribution is 2.34. The van der Waals surface area contributed by atoms with Crippen LogP contribution in [0.1, 0.15) is 41.9 Å². The third-order valence-electron chi connectivity index (χ3n) is 5.78. The Labute approximate surface area is 180 Å². The van der Waals surface area contributed by atoms with E-state index >= 15 is 0 Å². The number of hydrogen-bond acceptors (Lipinski definition) is 3. The first-order valence-corrected chi connectivity index (χ1v) is 10.6. The zero-order valence-corrected chi connectivity index (χ0v) is 17.4. The zero-order valence-electron chi connectivity index (χ0n) is 17.4. The number of alkyl halides is 3. The number of likely N-dealkylation sites (tertiary alicyclic amines) is 1. The van der Waals surface area contributed by atoms with Crippen molar-refractivity contribution < 1.29 is 27.8 Å². The average molecular weight is 435 g/mol. The third-order valence-corrected chi connectivity index (χ3v) is 5.78. The first kappa shape index (κ1) is 23.3. The highest BCUT2D eigenvalue weighted by atomic mass is 19.4. The Morgan fingerprint density at radius 3 is 2.55 bits per heavy atom. The normalized spacial score (nSPS) is 18.6. The maximum Gasteiger partial charge on any atom is 0.416 e. The summed E-state index contributed by atoms with van der Waals surface area (Å²) in [6.45, 7) is 2.94. The summed E-state index contributed by atoms with van der Waals surface area (Å²) in [7, 11) is 0. The topological polar surface area (TPSA) is 49.8 Å². The SMILES string of the molecule is O=C(O)C1CCCN(CCOCCC(c2ccccc2)c2cccc(C(F)(F)F)c2)C1. The minimum Gasteiger partial charge on any atom is -0.481 e. The third kappa shape index (κ3) is 6.80. The van der Waals surface area contributed by atoms with Gasteiger partial charge in [-0.05, 0) is 43.0 Å². The molecule has 0 saturated carbocycles. The van der Waals surface area contributed by atoms with Gasteiger partial charge in [0.2, 0.25) is 0 Å². The van der Waals surface area contributed by atoms with E-state index in [-0.39, 0.29) is 11.8 Å². The second kappa shape index (κ2) is 10.8. The Morgan fingerprint density at radius 2 is 1.84 bits per heavy atom. The summed E-state index contributed by atoms with van der Waals surface area (Å²) < 4.78 is 45.3. The van der Waals surface area contributed by atoms with E-state index in [0.29, 0.717) is 44.7 Å². The van der Waals surface area contributed by atoms with Crippen LogP contribution in [-0.4, -0.2) is 48.8 Å². The minimum atomic E-state index is -4.38. The lowest BCUT2D eigenvalue weighted by molar-refractivity contribution is -0.143. The van der Waals surface area contributed by atoms with Crippen molar-refractivity contribution >= 4 is 5.97 Å². The fraction of sp³-hybridized carbons (Fsp3) is 0.458. The monoisotopic (exact) mass is 435 g/mol. The van der Waals surface area contributed by atoms with Gasteiger partial charge in [-0.1, -0.05) is 48.5 Å². The Hall–Kier alpha value is -2.38. The molecule has 0 bridgehead atoms. The number of halogens is 3. The molecule has 2 aromatic rings. The molecule has 0 spiro atoms. The molecule has 0 aromatic heterocycles. The summed E-state index contributed by atoms with van der Waals surface area (Å²) in [5.41, 5.74) is 0.917. The predicted molar refractivity (Wildman–Crippen MR) is 112 cm³/mol. The number of benzene rings is 2. The Morgan fingerprint density at radius 1 is 1.10 bits per heavy atom. The quantitative estimate of drug-likeness (QED) is 0.561. The van der Waals surface area contributed by atoms with E-state index in [0.717, 1.165) is 24.6 Å². The number of piperidine rings is 1. The van der Waals surface area contributed by atoms with Gasteiger partial charge in [0.1, 0.15) is 0 Å². The van der Waals surface area contributed by atoms with Crippen molar-refractivity contribution in [2.75, 3.05) is 32.8 Å². The summed E-state index contributed by atoms with van der Waals surface area (Å²) in [6, 6.07) is 15.0. The minimum absolute atomic E-state index is 0.199. The summed E-state index contributed by atoms with van der Waals surface area (Å²) in [4.78, 5) is 13.3. The lowest BCUT2D eigenvalue weighted by Crippen LogP contribution is -2.40. The van der Waals surface area contributed by atoms with Gasteiger partial charge < -0.3 is 14.7 Å². The molecule has 0 amide bonds. The summed E-state index contributed by atoms with van der Waals surface area (Å²) in [5, 5.41) is 9.18. The van der Waals surface area contributed by atoms with E-state index in [1.165, 1.54) is 12.1 Å².